The molecule has 1 atom stereocenters. The first-order valence-electron chi connectivity index (χ1n) is 8.68. The summed E-state index contributed by atoms with van der Waals surface area (Å²) in [6.45, 7) is 3.69. The number of tetrazole rings is 1. The maximum absolute atomic E-state index is 13.3. The number of nitrogens with zero attached hydrogens (tertiary/aromatic N) is 4. The van der Waals surface area contributed by atoms with Crippen LogP contribution >= 0.6 is 9.24 Å². The van der Waals surface area contributed by atoms with E-state index in [0.717, 1.165) is 0 Å². The number of halogens is 2. The van der Waals surface area contributed by atoms with Crippen LogP contribution in [0.4, 0.5) is 20.2 Å². The van der Waals surface area contributed by atoms with Gasteiger partial charge in [-0.1, -0.05) is 47.4 Å². The highest BCUT2D eigenvalue weighted by molar-refractivity contribution is 7.17. The molecule has 1 aromatic heterocycles. The molecule has 3 rings (SSSR count). The summed E-state index contributed by atoms with van der Waals surface area (Å²) in [4.78, 5) is 13.1. The SMILES string of the molecule is CC(C)C(=O)Cn1nnc(-c2ccccc2Nc2ccc(C(F)(F)P)cc2)n1. The van der Waals surface area contributed by atoms with Gasteiger partial charge in [0.1, 0.15) is 6.54 Å². The van der Waals surface area contributed by atoms with Crippen LogP contribution in [-0.4, -0.2) is 26.0 Å². The van der Waals surface area contributed by atoms with Gasteiger partial charge in [-0.15, -0.1) is 10.2 Å². The first-order valence-corrected chi connectivity index (χ1v) is 9.26. The van der Waals surface area contributed by atoms with E-state index in [2.05, 4.69) is 20.7 Å². The summed E-state index contributed by atoms with van der Waals surface area (Å²) >= 11 is 0. The summed E-state index contributed by atoms with van der Waals surface area (Å²) in [5.74, 6) is 0.273. The predicted octanol–water partition coefficient (Wildman–Crippen LogP) is 4.23. The number of hydrogen-bond acceptors (Lipinski definition) is 5. The normalized spacial score (nSPS) is 11.6. The van der Waals surface area contributed by atoms with Crippen LogP contribution in [0, 0.1) is 5.92 Å². The molecule has 3 aromatic rings. The molecule has 0 spiro atoms. The Balaban J connectivity index is 1.82. The zero-order valence-corrected chi connectivity index (χ0v) is 16.6. The Kier molecular flexibility index (Phi) is 5.79. The average Bonchev–Trinajstić information content (AvgIpc) is 3.10. The van der Waals surface area contributed by atoms with E-state index >= 15 is 0 Å². The average molecular weight is 403 g/mol. The number of nitrogens with one attached hydrogen (secondary N) is 1. The molecule has 0 saturated heterocycles. The van der Waals surface area contributed by atoms with Gasteiger partial charge >= 0.3 is 0 Å². The molecule has 0 aliphatic heterocycles. The summed E-state index contributed by atoms with van der Waals surface area (Å²) in [5, 5.41) is 15.4. The van der Waals surface area contributed by atoms with Gasteiger partial charge in [-0.05, 0) is 29.5 Å². The van der Waals surface area contributed by atoms with Crippen LogP contribution in [0.1, 0.15) is 19.4 Å². The minimum atomic E-state index is -2.97. The van der Waals surface area contributed by atoms with Gasteiger partial charge < -0.3 is 5.32 Å². The lowest BCUT2D eigenvalue weighted by Crippen LogP contribution is -2.17. The van der Waals surface area contributed by atoms with E-state index in [1.165, 1.54) is 26.2 Å². The van der Waals surface area contributed by atoms with E-state index in [1.54, 1.807) is 12.1 Å². The van der Waals surface area contributed by atoms with Crippen molar-refractivity contribution in [2.75, 3.05) is 5.32 Å². The van der Waals surface area contributed by atoms with Crippen LogP contribution in [0.25, 0.3) is 11.4 Å². The zero-order chi connectivity index (χ0) is 20.3. The Labute approximate surface area is 163 Å². The highest BCUT2D eigenvalue weighted by Crippen LogP contribution is 2.35. The molecule has 0 amide bonds. The van der Waals surface area contributed by atoms with Crippen LogP contribution in [0.3, 0.4) is 0 Å². The molecule has 1 heterocycles. The van der Waals surface area contributed by atoms with Crippen molar-refractivity contribution in [1.29, 1.82) is 0 Å². The third-order valence-electron chi connectivity index (χ3n) is 4.11. The molecule has 0 saturated carbocycles. The lowest BCUT2D eigenvalue weighted by atomic mass is 10.1. The number of carbonyl (C=O) groups is 1. The molecular weight excluding hydrogens is 383 g/mol. The summed E-state index contributed by atoms with van der Waals surface area (Å²) in [6, 6.07) is 13.2. The summed E-state index contributed by atoms with van der Waals surface area (Å²) < 4.78 is 26.7. The Morgan fingerprint density at radius 2 is 1.86 bits per heavy atom. The minimum Gasteiger partial charge on any atom is -0.355 e. The van der Waals surface area contributed by atoms with Gasteiger partial charge in [-0.3, -0.25) is 4.79 Å². The molecule has 0 fully saturated rings. The number of benzene rings is 2. The molecular formula is C19H20F2N5OP. The van der Waals surface area contributed by atoms with Crippen molar-refractivity contribution in [2.45, 2.75) is 26.1 Å². The molecule has 0 aliphatic carbocycles. The first-order chi connectivity index (χ1) is 13.2. The van der Waals surface area contributed by atoms with Crippen LogP contribution in [0.15, 0.2) is 48.5 Å². The van der Waals surface area contributed by atoms with E-state index < -0.39 is 5.66 Å². The lowest BCUT2D eigenvalue weighted by Gasteiger charge is -2.13. The number of alkyl halides is 2. The number of anilines is 2. The molecule has 9 heteroatoms. The van der Waals surface area contributed by atoms with Gasteiger partial charge in [0.15, 0.2) is 5.78 Å². The highest BCUT2D eigenvalue weighted by Gasteiger charge is 2.24. The summed E-state index contributed by atoms with van der Waals surface area (Å²) in [6.07, 6.45) is 0. The molecule has 28 heavy (non-hydrogen) atoms. The maximum atomic E-state index is 13.3. The first kappa shape index (κ1) is 20.0. The quantitative estimate of drug-likeness (QED) is 0.598. The van der Waals surface area contributed by atoms with Crippen LogP contribution < -0.4 is 5.32 Å². The number of carbonyl (C=O) groups excluding carboxylic acids is 1. The standard InChI is InChI=1S/C19H20F2N5OP/c1-12(2)17(27)11-26-24-18(23-25-26)15-5-3-4-6-16(15)22-14-9-7-13(8-10-14)19(20,21)28/h3-10,12,22H,11,28H2,1-2H3. The number of hydrogen-bond donors (Lipinski definition) is 1. The topological polar surface area (TPSA) is 72.7 Å². The van der Waals surface area contributed by atoms with Gasteiger partial charge in [0.05, 0.1) is 0 Å². The van der Waals surface area contributed by atoms with Gasteiger partial charge in [-0.2, -0.15) is 13.6 Å². The zero-order valence-electron chi connectivity index (χ0n) is 15.4. The smallest absolute Gasteiger partial charge is 0.283 e. The highest BCUT2D eigenvalue weighted by atomic mass is 31.0. The van der Waals surface area contributed by atoms with Crippen molar-refractivity contribution in [3.8, 4) is 11.4 Å². The van der Waals surface area contributed by atoms with E-state index in [1.807, 2.05) is 38.1 Å². The molecule has 2 aromatic carbocycles. The molecule has 146 valence electrons. The fourth-order valence-electron chi connectivity index (χ4n) is 2.46. The van der Waals surface area contributed by atoms with E-state index in [4.69, 9.17) is 0 Å². The molecule has 6 nitrogen and oxygen atoms in total. The van der Waals surface area contributed by atoms with Crippen molar-refractivity contribution in [3.05, 3.63) is 54.1 Å². The third kappa shape index (κ3) is 4.75. The van der Waals surface area contributed by atoms with Gasteiger partial charge in [0, 0.05) is 28.4 Å². The van der Waals surface area contributed by atoms with Gasteiger partial charge in [0.2, 0.25) is 5.82 Å². The van der Waals surface area contributed by atoms with E-state index in [-0.39, 0.29) is 23.8 Å². The van der Waals surface area contributed by atoms with Crippen molar-refractivity contribution < 1.29 is 13.6 Å². The number of rotatable bonds is 7. The number of ketones is 1. The Morgan fingerprint density at radius 3 is 2.50 bits per heavy atom. The molecule has 0 radical (unpaired) electrons. The second kappa shape index (κ2) is 8.10. The van der Waals surface area contributed by atoms with E-state index in [0.29, 0.717) is 22.8 Å². The Morgan fingerprint density at radius 1 is 1.18 bits per heavy atom. The van der Waals surface area contributed by atoms with Crippen LogP contribution in [0.2, 0.25) is 0 Å². The second-order valence-electron chi connectivity index (χ2n) is 6.64. The fraction of sp³-hybridized carbons (Fsp3) is 0.263. The summed E-state index contributed by atoms with van der Waals surface area (Å²) in [7, 11) is 1.52. The molecule has 1 N–H and O–H groups in total. The minimum absolute atomic E-state index is 0.0151. The number of aromatic nitrogens is 4. The Bertz CT molecular complexity index is 967. The monoisotopic (exact) mass is 403 g/mol. The van der Waals surface area contributed by atoms with Crippen molar-refractivity contribution in [3.63, 3.8) is 0 Å². The fourth-order valence-corrected chi connectivity index (χ4v) is 2.65. The second-order valence-corrected chi connectivity index (χ2v) is 7.36. The molecule has 1 unspecified atom stereocenters. The van der Waals surface area contributed by atoms with Crippen molar-refractivity contribution >= 4 is 26.4 Å². The molecule has 0 bridgehead atoms. The Hall–Kier alpha value is -2.73. The van der Waals surface area contributed by atoms with Gasteiger partial charge in [0.25, 0.3) is 5.66 Å². The predicted molar refractivity (Wildman–Crippen MR) is 106 cm³/mol. The maximum Gasteiger partial charge on any atom is 0.283 e. The van der Waals surface area contributed by atoms with Crippen LogP contribution in [-0.2, 0) is 17.0 Å². The number of para-hydroxylation sites is 1. The van der Waals surface area contributed by atoms with Crippen molar-refractivity contribution in [1.82, 2.24) is 20.2 Å². The third-order valence-corrected chi connectivity index (χ3v) is 4.44. The van der Waals surface area contributed by atoms with Gasteiger partial charge in [-0.25, -0.2) is 0 Å². The lowest BCUT2D eigenvalue weighted by molar-refractivity contribution is -0.122. The summed E-state index contributed by atoms with van der Waals surface area (Å²) in [5.41, 5.74) is -1.02. The van der Waals surface area contributed by atoms with E-state index in [9.17, 15) is 13.6 Å². The molecule has 0 aliphatic rings. The number of Topliss-reactive ketones (excluding diaryl/α,β-unsaturated/α-hetero) is 1. The van der Waals surface area contributed by atoms with Crippen molar-refractivity contribution in [2.24, 2.45) is 5.92 Å². The van der Waals surface area contributed by atoms with Crippen LogP contribution in [0.5, 0.6) is 0 Å². The largest absolute Gasteiger partial charge is 0.355 e.